The molecule has 0 saturated carbocycles. The highest BCUT2D eigenvalue weighted by Crippen LogP contribution is 2.28. The van der Waals surface area contributed by atoms with Gasteiger partial charge in [0.2, 0.25) is 0 Å². The number of rotatable bonds is 3. The molecule has 0 radical (unpaired) electrons. The maximum absolute atomic E-state index is 6.16. The normalized spacial score (nSPS) is 13.2. The summed E-state index contributed by atoms with van der Waals surface area (Å²) >= 11 is 1.61. The molecule has 4 nitrogen and oxygen atoms in total. The molecule has 5 heteroatoms. The molecule has 0 bridgehead atoms. The van der Waals surface area contributed by atoms with Crippen LogP contribution < -0.4 is 5.73 Å². The number of hydrogen-bond acceptors (Lipinski definition) is 4. The lowest BCUT2D eigenvalue weighted by Gasteiger charge is -2.11. The second kappa shape index (κ2) is 5.00. The Morgan fingerprint density at radius 1 is 1.20 bits per heavy atom. The number of hydrogen-bond donors (Lipinski definition) is 1. The monoisotopic (exact) mass is 286 g/mol. The summed E-state index contributed by atoms with van der Waals surface area (Å²) in [6.45, 7) is 4.22. The van der Waals surface area contributed by atoms with Crippen molar-refractivity contribution in [1.29, 1.82) is 0 Å². The molecule has 104 valence electrons. The van der Waals surface area contributed by atoms with Crippen molar-refractivity contribution in [2.75, 3.05) is 0 Å². The van der Waals surface area contributed by atoms with E-state index in [1.54, 1.807) is 11.3 Å². The Kier molecular flexibility index (Phi) is 3.31. The predicted molar refractivity (Wildman–Crippen MR) is 83.6 cm³/mol. The first-order chi connectivity index (χ1) is 9.58. The van der Waals surface area contributed by atoms with Crippen molar-refractivity contribution in [3.8, 4) is 11.5 Å². The Hall–Kier alpha value is -1.72. The lowest BCUT2D eigenvalue weighted by molar-refractivity contribution is 0.512. The summed E-state index contributed by atoms with van der Waals surface area (Å²) in [5, 5.41) is 3.01. The van der Waals surface area contributed by atoms with Crippen molar-refractivity contribution in [2.24, 2.45) is 18.7 Å². The van der Waals surface area contributed by atoms with Gasteiger partial charge in [0.25, 0.3) is 0 Å². The van der Waals surface area contributed by atoms with Crippen LogP contribution in [-0.4, -0.2) is 14.5 Å². The van der Waals surface area contributed by atoms with E-state index in [4.69, 9.17) is 5.73 Å². The minimum atomic E-state index is -0.0107. The third-order valence-electron chi connectivity index (χ3n) is 3.54. The molecule has 0 saturated heterocycles. The highest BCUT2D eigenvalue weighted by atomic mass is 32.1. The Bertz CT molecular complexity index is 741. The van der Waals surface area contributed by atoms with Crippen LogP contribution in [0.5, 0.6) is 0 Å². The molecule has 3 aromatic rings. The quantitative estimate of drug-likeness (QED) is 0.803. The SMILES string of the molecule is CC(C)C(N)c1nc(-c2nc3ccccc3n2C)cs1. The van der Waals surface area contributed by atoms with Gasteiger partial charge in [-0.25, -0.2) is 9.97 Å². The molecule has 0 aliphatic carbocycles. The average molecular weight is 286 g/mol. The van der Waals surface area contributed by atoms with Crippen LogP contribution in [0, 0.1) is 5.92 Å². The second-order valence-corrected chi connectivity index (χ2v) is 6.21. The van der Waals surface area contributed by atoms with Crippen LogP contribution in [0.3, 0.4) is 0 Å². The minimum absolute atomic E-state index is 0.0107. The van der Waals surface area contributed by atoms with Crippen LogP contribution in [0.15, 0.2) is 29.6 Å². The van der Waals surface area contributed by atoms with Crippen LogP contribution in [-0.2, 0) is 7.05 Å². The lowest BCUT2D eigenvalue weighted by atomic mass is 10.1. The molecule has 1 unspecified atom stereocenters. The van der Waals surface area contributed by atoms with Crippen LogP contribution in [0.2, 0.25) is 0 Å². The Morgan fingerprint density at radius 2 is 1.95 bits per heavy atom. The van der Waals surface area contributed by atoms with E-state index in [-0.39, 0.29) is 6.04 Å². The highest BCUT2D eigenvalue weighted by Gasteiger charge is 2.17. The number of para-hydroxylation sites is 2. The van der Waals surface area contributed by atoms with E-state index >= 15 is 0 Å². The van der Waals surface area contributed by atoms with Crippen molar-refractivity contribution in [3.63, 3.8) is 0 Å². The van der Waals surface area contributed by atoms with Crippen LogP contribution in [0.4, 0.5) is 0 Å². The molecule has 1 aromatic carbocycles. The van der Waals surface area contributed by atoms with Gasteiger partial charge < -0.3 is 10.3 Å². The van der Waals surface area contributed by atoms with Crippen molar-refractivity contribution in [3.05, 3.63) is 34.7 Å². The molecular formula is C15H18N4S. The zero-order valence-corrected chi connectivity index (χ0v) is 12.7. The van der Waals surface area contributed by atoms with Gasteiger partial charge in [-0.2, -0.15) is 0 Å². The second-order valence-electron chi connectivity index (χ2n) is 5.32. The smallest absolute Gasteiger partial charge is 0.160 e. The predicted octanol–water partition coefficient (Wildman–Crippen LogP) is 3.35. The molecule has 2 aromatic heterocycles. The van der Waals surface area contributed by atoms with E-state index < -0.39 is 0 Å². The summed E-state index contributed by atoms with van der Waals surface area (Å²) in [5.74, 6) is 1.28. The summed E-state index contributed by atoms with van der Waals surface area (Å²) in [4.78, 5) is 9.33. The third kappa shape index (κ3) is 2.13. The number of thiazole rings is 1. The third-order valence-corrected chi connectivity index (χ3v) is 4.49. The number of benzene rings is 1. The van der Waals surface area contributed by atoms with Crippen molar-refractivity contribution >= 4 is 22.4 Å². The summed E-state index contributed by atoms with van der Waals surface area (Å²) in [6.07, 6.45) is 0. The average Bonchev–Trinajstić information content (AvgIpc) is 3.03. The van der Waals surface area contributed by atoms with E-state index in [1.165, 1.54) is 0 Å². The fraction of sp³-hybridized carbons (Fsp3) is 0.333. The Morgan fingerprint density at radius 3 is 2.65 bits per heavy atom. The molecule has 2 heterocycles. The summed E-state index contributed by atoms with van der Waals surface area (Å²) < 4.78 is 2.08. The molecule has 1 atom stereocenters. The van der Waals surface area contributed by atoms with Gasteiger partial charge in [-0.1, -0.05) is 26.0 Å². The molecule has 3 rings (SSSR count). The van der Waals surface area contributed by atoms with E-state index in [0.29, 0.717) is 5.92 Å². The maximum atomic E-state index is 6.16. The first kappa shape index (κ1) is 13.3. The summed E-state index contributed by atoms with van der Waals surface area (Å²) in [7, 11) is 2.02. The van der Waals surface area contributed by atoms with Gasteiger partial charge >= 0.3 is 0 Å². The van der Waals surface area contributed by atoms with Crippen LogP contribution >= 0.6 is 11.3 Å². The van der Waals surface area contributed by atoms with Crippen molar-refractivity contribution < 1.29 is 0 Å². The Labute approximate surface area is 122 Å². The van der Waals surface area contributed by atoms with Gasteiger partial charge in [0.15, 0.2) is 5.82 Å². The van der Waals surface area contributed by atoms with E-state index in [2.05, 4.69) is 34.4 Å². The van der Waals surface area contributed by atoms with Gasteiger partial charge in [-0.05, 0) is 18.1 Å². The molecule has 0 spiro atoms. The summed E-state index contributed by atoms with van der Waals surface area (Å²) in [5.41, 5.74) is 9.17. The van der Waals surface area contributed by atoms with Crippen LogP contribution in [0.1, 0.15) is 24.9 Å². The molecule has 0 aliphatic rings. The maximum Gasteiger partial charge on any atom is 0.160 e. The van der Waals surface area contributed by atoms with E-state index in [9.17, 15) is 0 Å². The molecule has 20 heavy (non-hydrogen) atoms. The molecule has 0 amide bonds. The molecule has 0 fully saturated rings. The lowest BCUT2D eigenvalue weighted by Crippen LogP contribution is -2.16. The minimum Gasteiger partial charge on any atom is -0.326 e. The zero-order chi connectivity index (χ0) is 14.3. The first-order valence-corrected chi connectivity index (χ1v) is 7.58. The van der Waals surface area contributed by atoms with E-state index in [1.807, 2.05) is 30.6 Å². The standard InChI is InChI=1S/C15H18N4S/c1-9(2)13(16)15-18-11(8-20-15)14-17-10-6-4-5-7-12(10)19(14)3/h4-9,13H,16H2,1-3H3. The number of imidazole rings is 1. The topological polar surface area (TPSA) is 56.7 Å². The largest absolute Gasteiger partial charge is 0.326 e. The Balaban J connectivity index is 2.05. The fourth-order valence-corrected chi connectivity index (χ4v) is 3.17. The number of nitrogens with zero attached hydrogens (tertiary/aromatic N) is 3. The van der Waals surface area contributed by atoms with Gasteiger partial charge in [0.1, 0.15) is 10.7 Å². The summed E-state index contributed by atoms with van der Waals surface area (Å²) in [6, 6.07) is 8.10. The van der Waals surface area contributed by atoms with Crippen molar-refractivity contribution in [2.45, 2.75) is 19.9 Å². The number of fused-ring (bicyclic) bond motifs is 1. The number of aromatic nitrogens is 3. The van der Waals surface area contributed by atoms with Gasteiger partial charge in [-0.15, -0.1) is 11.3 Å². The van der Waals surface area contributed by atoms with Gasteiger partial charge in [0.05, 0.1) is 17.1 Å². The number of aryl methyl sites for hydroxylation is 1. The zero-order valence-electron chi connectivity index (χ0n) is 11.9. The van der Waals surface area contributed by atoms with Gasteiger partial charge in [-0.3, -0.25) is 0 Å². The first-order valence-electron chi connectivity index (χ1n) is 6.70. The number of nitrogens with two attached hydrogens (primary N) is 1. The van der Waals surface area contributed by atoms with Crippen LogP contribution in [0.25, 0.3) is 22.6 Å². The molecular weight excluding hydrogens is 268 g/mol. The molecule has 0 aliphatic heterocycles. The highest BCUT2D eigenvalue weighted by molar-refractivity contribution is 7.10. The van der Waals surface area contributed by atoms with E-state index in [0.717, 1.165) is 27.6 Å². The van der Waals surface area contributed by atoms with Gasteiger partial charge in [0, 0.05) is 12.4 Å². The van der Waals surface area contributed by atoms with Crippen molar-refractivity contribution in [1.82, 2.24) is 14.5 Å². The fourth-order valence-electron chi connectivity index (χ4n) is 2.20. The molecule has 2 N–H and O–H groups in total.